The van der Waals surface area contributed by atoms with Crippen molar-refractivity contribution in [1.29, 1.82) is 0 Å². The Morgan fingerprint density at radius 1 is 1.47 bits per heavy atom. The zero-order valence-electron chi connectivity index (χ0n) is 9.40. The molecule has 0 saturated heterocycles. The predicted octanol–water partition coefficient (Wildman–Crippen LogP) is 0.942. The van der Waals surface area contributed by atoms with E-state index < -0.39 is 11.9 Å². The normalized spacial score (nSPS) is 9.94. The van der Waals surface area contributed by atoms with Crippen molar-refractivity contribution in [3.05, 3.63) is 23.8 Å². The van der Waals surface area contributed by atoms with Crippen LogP contribution in [0.4, 0.5) is 11.4 Å². The molecule has 0 aromatic heterocycles. The largest absolute Gasteiger partial charge is 0.478 e. The van der Waals surface area contributed by atoms with Gasteiger partial charge in [-0.3, -0.25) is 4.79 Å². The van der Waals surface area contributed by atoms with Gasteiger partial charge in [0.1, 0.15) is 6.61 Å². The molecule has 6 nitrogen and oxygen atoms in total. The number of rotatable bonds is 5. The van der Waals surface area contributed by atoms with E-state index in [1.807, 2.05) is 0 Å². The SMILES string of the molecule is CCOCC(=O)Nc1cc(N)ccc1C(=O)O. The number of carbonyl (C=O) groups is 2. The average Bonchev–Trinajstić information content (AvgIpc) is 2.26. The van der Waals surface area contributed by atoms with E-state index in [1.54, 1.807) is 6.92 Å². The molecule has 0 bridgehead atoms. The van der Waals surface area contributed by atoms with Gasteiger partial charge in [0.05, 0.1) is 11.3 Å². The van der Waals surface area contributed by atoms with Crippen molar-refractivity contribution in [2.75, 3.05) is 24.3 Å². The summed E-state index contributed by atoms with van der Waals surface area (Å²) in [4.78, 5) is 22.3. The number of anilines is 2. The second-order valence-corrected chi connectivity index (χ2v) is 3.30. The topological polar surface area (TPSA) is 102 Å². The maximum Gasteiger partial charge on any atom is 0.337 e. The second kappa shape index (κ2) is 5.86. The van der Waals surface area contributed by atoms with Gasteiger partial charge in [-0.15, -0.1) is 0 Å². The molecule has 0 fully saturated rings. The molecule has 0 radical (unpaired) electrons. The van der Waals surface area contributed by atoms with Crippen LogP contribution in [0.3, 0.4) is 0 Å². The molecule has 0 saturated carbocycles. The van der Waals surface area contributed by atoms with E-state index in [2.05, 4.69) is 5.32 Å². The molecule has 0 unspecified atom stereocenters. The molecular weight excluding hydrogens is 224 g/mol. The molecule has 4 N–H and O–H groups in total. The van der Waals surface area contributed by atoms with Crippen LogP contribution in [0.1, 0.15) is 17.3 Å². The van der Waals surface area contributed by atoms with Gasteiger partial charge in [-0.05, 0) is 25.1 Å². The first-order valence-corrected chi connectivity index (χ1v) is 5.05. The highest BCUT2D eigenvalue weighted by molar-refractivity contribution is 6.01. The number of carboxylic acid groups (broad SMARTS) is 1. The maximum absolute atomic E-state index is 11.4. The minimum absolute atomic E-state index is 0.0101. The fourth-order valence-corrected chi connectivity index (χ4v) is 1.23. The molecule has 17 heavy (non-hydrogen) atoms. The first-order valence-electron chi connectivity index (χ1n) is 5.05. The van der Waals surface area contributed by atoms with Crippen molar-refractivity contribution in [2.45, 2.75) is 6.92 Å². The van der Waals surface area contributed by atoms with Crippen LogP contribution in [-0.2, 0) is 9.53 Å². The summed E-state index contributed by atoms with van der Waals surface area (Å²) in [5.74, 6) is -1.54. The van der Waals surface area contributed by atoms with Crippen molar-refractivity contribution < 1.29 is 19.4 Å². The van der Waals surface area contributed by atoms with E-state index in [4.69, 9.17) is 15.6 Å². The van der Waals surface area contributed by atoms with Crippen molar-refractivity contribution in [3.8, 4) is 0 Å². The molecule has 6 heteroatoms. The van der Waals surface area contributed by atoms with Crippen LogP contribution in [-0.4, -0.2) is 30.2 Å². The number of carboxylic acids is 1. The van der Waals surface area contributed by atoms with Crippen molar-refractivity contribution in [1.82, 2.24) is 0 Å². The summed E-state index contributed by atoms with van der Waals surface area (Å²) in [5, 5.41) is 11.4. The number of hydrogen-bond acceptors (Lipinski definition) is 4. The smallest absolute Gasteiger partial charge is 0.337 e. The number of carbonyl (C=O) groups excluding carboxylic acids is 1. The molecule has 0 spiro atoms. The Bertz CT molecular complexity index is 431. The van der Waals surface area contributed by atoms with E-state index in [9.17, 15) is 9.59 Å². The Hall–Kier alpha value is -2.08. The Kier molecular flexibility index (Phi) is 4.47. The third-order valence-electron chi connectivity index (χ3n) is 1.99. The summed E-state index contributed by atoms with van der Waals surface area (Å²) in [7, 11) is 0. The summed E-state index contributed by atoms with van der Waals surface area (Å²) in [6.07, 6.45) is 0. The van der Waals surface area contributed by atoms with Crippen LogP contribution in [0, 0.1) is 0 Å². The predicted molar refractivity (Wildman–Crippen MR) is 62.9 cm³/mol. The number of nitrogen functional groups attached to an aromatic ring is 1. The zero-order chi connectivity index (χ0) is 12.8. The van der Waals surface area contributed by atoms with Gasteiger partial charge in [-0.25, -0.2) is 4.79 Å². The summed E-state index contributed by atoms with van der Waals surface area (Å²) in [6, 6.07) is 4.20. The molecular formula is C11H14N2O4. The second-order valence-electron chi connectivity index (χ2n) is 3.30. The van der Waals surface area contributed by atoms with Gasteiger partial charge in [-0.1, -0.05) is 0 Å². The molecule has 0 aliphatic carbocycles. The summed E-state index contributed by atoms with van der Waals surface area (Å²) in [6.45, 7) is 2.05. The molecule has 1 aromatic rings. The highest BCUT2D eigenvalue weighted by Crippen LogP contribution is 2.19. The Balaban J connectivity index is 2.85. The minimum Gasteiger partial charge on any atom is -0.478 e. The van der Waals surface area contributed by atoms with E-state index in [1.165, 1.54) is 18.2 Å². The van der Waals surface area contributed by atoms with Gasteiger partial charge in [0.25, 0.3) is 0 Å². The third kappa shape index (κ3) is 3.76. The van der Waals surface area contributed by atoms with Crippen LogP contribution >= 0.6 is 0 Å². The number of amides is 1. The molecule has 1 amide bonds. The van der Waals surface area contributed by atoms with Gasteiger partial charge >= 0.3 is 5.97 Å². The zero-order valence-corrected chi connectivity index (χ0v) is 9.40. The van der Waals surface area contributed by atoms with Gasteiger partial charge < -0.3 is 20.9 Å². The van der Waals surface area contributed by atoms with Crippen LogP contribution in [0.15, 0.2) is 18.2 Å². The fourth-order valence-electron chi connectivity index (χ4n) is 1.23. The van der Waals surface area contributed by atoms with Crippen LogP contribution < -0.4 is 11.1 Å². The van der Waals surface area contributed by atoms with Crippen molar-refractivity contribution in [3.63, 3.8) is 0 Å². The number of benzene rings is 1. The lowest BCUT2D eigenvalue weighted by atomic mass is 10.1. The first kappa shape index (κ1) is 13.0. The van der Waals surface area contributed by atoms with Crippen LogP contribution in [0.2, 0.25) is 0 Å². The average molecular weight is 238 g/mol. The molecule has 1 aromatic carbocycles. The lowest BCUT2D eigenvalue weighted by molar-refractivity contribution is -0.120. The Labute approximate surface area is 98.4 Å². The third-order valence-corrected chi connectivity index (χ3v) is 1.99. The number of ether oxygens (including phenoxy) is 1. The quantitative estimate of drug-likeness (QED) is 0.662. The molecule has 0 aliphatic heterocycles. The highest BCUT2D eigenvalue weighted by atomic mass is 16.5. The summed E-state index contributed by atoms with van der Waals surface area (Å²) < 4.78 is 4.91. The fraction of sp³-hybridized carbons (Fsp3) is 0.273. The standard InChI is InChI=1S/C11H14N2O4/c1-2-17-6-10(14)13-9-5-7(12)3-4-8(9)11(15)16/h3-5H,2,6,12H2,1H3,(H,13,14)(H,15,16). The minimum atomic E-state index is -1.13. The molecule has 0 atom stereocenters. The lowest BCUT2D eigenvalue weighted by Gasteiger charge is -2.09. The van der Waals surface area contributed by atoms with E-state index in [0.29, 0.717) is 12.3 Å². The first-order chi connectivity index (χ1) is 8.04. The molecule has 1 rings (SSSR count). The van der Waals surface area contributed by atoms with Crippen molar-refractivity contribution >= 4 is 23.3 Å². The highest BCUT2D eigenvalue weighted by Gasteiger charge is 2.12. The van der Waals surface area contributed by atoms with E-state index in [-0.39, 0.29) is 17.9 Å². The van der Waals surface area contributed by atoms with Crippen LogP contribution in [0.25, 0.3) is 0 Å². The molecule has 92 valence electrons. The number of aromatic carboxylic acids is 1. The van der Waals surface area contributed by atoms with Gasteiger partial charge in [0, 0.05) is 12.3 Å². The number of nitrogens with one attached hydrogen (secondary N) is 1. The maximum atomic E-state index is 11.4. The number of hydrogen-bond donors (Lipinski definition) is 3. The number of nitrogens with two attached hydrogens (primary N) is 1. The monoisotopic (exact) mass is 238 g/mol. The van der Waals surface area contributed by atoms with Gasteiger partial charge in [0.2, 0.25) is 5.91 Å². The Morgan fingerprint density at radius 3 is 2.76 bits per heavy atom. The van der Waals surface area contributed by atoms with Crippen molar-refractivity contribution in [2.24, 2.45) is 0 Å². The van der Waals surface area contributed by atoms with E-state index in [0.717, 1.165) is 0 Å². The summed E-state index contributed by atoms with van der Waals surface area (Å²) >= 11 is 0. The van der Waals surface area contributed by atoms with Gasteiger partial charge in [0.15, 0.2) is 0 Å². The molecule has 0 aliphatic rings. The molecule has 0 heterocycles. The summed E-state index contributed by atoms with van der Waals surface area (Å²) in [5.41, 5.74) is 6.06. The lowest BCUT2D eigenvalue weighted by Crippen LogP contribution is -2.20. The van der Waals surface area contributed by atoms with Gasteiger partial charge in [-0.2, -0.15) is 0 Å². The van der Waals surface area contributed by atoms with E-state index >= 15 is 0 Å². The Morgan fingerprint density at radius 2 is 2.18 bits per heavy atom. The van der Waals surface area contributed by atoms with Crippen LogP contribution in [0.5, 0.6) is 0 Å².